The van der Waals surface area contributed by atoms with Crippen molar-refractivity contribution in [3.63, 3.8) is 0 Å². The fourth-order valence-electron chi connectivity index (χ4n) is 4.40. The first-order valence-corrected chi connectivity index (χ1v) is 10.4. The Morgan fingerprint density at radius 3 is 2.48 bits per heavy atom. The number of benzene rings is 2. The van der Waals surface area contributed by atoms with E-state index in [4.69, 9.17) is 0 Å². The lowest BCUT2D eigenvalue weighted by Crippen LogP contribution is -2.03. The molecule has 1 fully saturated rings. The molecule has 0 spiro atoms. The molecule has 0 aliphatic heterocycles. The van der Waals surface area contributed by atoms with E-state index in [2.05, 4.69) is 19.6 Å². The zero-order valence-corrected chi connectivity index (χ0v) is 16.9. The SMILES string of the molecule is CCCc1cc(-c2ccc(C3CCC(CCC)C3)c(F)c2F)cc(F)c1S. The van der Waals surface area contributed by atoms with Crippen molar-refractivity contribution in [2.45, 2.75) is 69.6 Å². The van der Waals surface area contributed by atoms with Crippen LogP contribution in [0.25, 0.3) is 11.1 Å². The van der Waals surface area contributed by atoms with E-state index in [1.807, 2.05) is 6.92 Å². The maximum absolute atomic E-state index is 14.9. The van der Waals surface area contributed by atoms with Crippen LogP contribution in [0.5, 0.6) is 0 Å². The van der Waals surface area contributed by atoms with Gasteiger partial charge in [0.25, 0.3) is 0 Å². The summed E-state index contributed by atoms with van der Waals surface area (Å²) in [5, 5.41) is 0. The van der Waals surface area contributed by atoms with E-state index < -0.39 is 17.5 Å². The van der Waals surface area contributed by atoms with Gasteiger partial charge in [0.15, 0.2) is 11.6 Å². The summed E-state index contributed by atoms with van der Waals surface area (Å²) in [5.74, 6) is -1.46. The molecule has 0 saturated heterocycles. The Bertz CT molecular complexity index is 816. The second-order valence-corrected chi connectivity index (χ2v) is 8.16. The van der Waals surface area contributed by atoms with E-state index in [0.717, 1.165) is 44.1 Å². The fourth-order valence-corrected chi connectivity index (χ4v) is 4.64. The molecule has 0 radical (unpaired) electrons. The molecule has 0 bridgehead atoms. The molecule has 27 heavy (non-hydrogen) atoms. The summed E-state index contributed by atoms with van der Waals surface area (Å²) < 4.78 is 44.0. The molecule has 1 aliphatic carbocycles. The number of hydrogen-bond donors (Lipinski definition) is 1. The molecule has 0 amide bonds. The van der Waals surface area contributed by atoms with E-state index in [0.29, 0.717) is 23.5 Å². The molecule has 3 rings (SSSR count). The van der Waals surface area contributed by atoms with Crippen molar-refractivity contribution in [1.82, 2.24) is 0 Å². The summed E-state index contributed by atoms with van der Waals surface area (Å²) in [7, 11) is 0. The van der Waals surface area contributed by atoms with Crippen molar-refractivity contribution < 1.29 is 13.2 Å². The van der Waals surface area contributed by atoms with E-state index in [9.17, 15) is 13.2 Å². The molecule has 2 aromatic rings. The second-order valence-electron chi connectivity index (χ2n) is 7.71. The highest BCUT2D eigenvalue weighted by molar-refractivity contribution is 7.80. The lowest BCUT2D eigenvalue weighted by molar-refractivity contribution is 0.471. The van der Waals surface area contributed by atoms with Crippen LogP contribution in [-0.2, 0) is 6.42 Å². The van der Waals surface area contributed by atoms with Crippen LogP contribution in [-0.4, -0.2) is 0 Å². The molecule has 0 aromatic heterocycles. The number of aryl methyl sites for hydroxylation is 1. The number of thiol groups is 1. The van der Waals surface area contributed by atoms with Gasteiger partial charge in [-0.2, -0.15) is 0 Å². The average Bonchev–Trinajstić information content (AvgIpc) is 3.10. The lowest BCUT2D eigenvalue weighted by Gasteiger charge is -2.15. The van der Waals surface area contributed by atoms with Gasteiger partial charge in [0, 0.05) is 10.5 Å². The first-order chi connectivity index (χ1) is 13.0. The van der Waals surface area contributed by atoms with Crippen LogP contribution in [0.1, 0.15) is 69.4 Å². The highest BCUT2D eigenvalue weighted by Crippen LogP contribution is 2.42. The summed E-state index contributed by atoms with van der Waals surface area (Å²) in [6.45, 7) is 4.14. The zero-order chi connectivity index (χ0) is 19.6. The predicted octanol–water partition coefficient (Wildman–Crippen LogP) is 7.70. The Morgan fingerprint density at radius 1 is 1.00 bits per heavy atom. The molecule has 146 valence electrons. The average molecular weight is 393 g/mol. The largest absolute Gasteiger partial charge is 0.206 e. The minimum absolute atomic E-state index is 0.0808. The number of rotatable bonds is 6. The maximum Gasteiger partial charge on any atom is 0.166 e. The van der Waals surface area contributed by atoms with E-state index in [1.54, 1.807) is 18.2 Å². The van der Waals surface area contributed by atoms with Crippen molar-refractivity contribution in [3.05, 3.63) is 52.8 Å². The Labute approximate surface area is 165 Å². The van der Waals surface area contributed by atoms with Gasteiger partial charge in [-0.25, -0.2) is 13.2 Å². The zero-order valence-electron chi connectivity index (χ0n) is 16.0. The van der Waals surface area contributed by atoms with Crippen LogP contribution in [0.4, 0.5) is 13.2 Å². The summed E-state index contributed by atoms with van der Waals surface area (Å²) in [5.41, 5.74) is 1.67. The molecule has 4 heteroatoms. The first kappa shape index (κ1) is 20.3. The van der Waals surface area contributed by atoms with Crippen molar-refractivity contribution in [3.8, 4) is 11.1 Å². The van der Waals surface area contributed by atoms with Gasteiger partial charge < -0.3 is 0 Å². The molecular formula is C23H27F3S. The predicted molar refractivity (Wildman–Crippen MR) is 108 cm³/mol. The summed E-state index contributed by atoms with van der Waals surface area (Å²) in [6, 6.07) is 6.26. The minimum atomic E-state index is -0.875. The Hall–Kier alpha value is -1.42. The molecule has 1 aliphatic rings. The van der Waals surface area contributed by atoms with Crippen LogP contribution in [0.2, 0.25) is 0 Å². The Morgan fingerprint density at radius 2 is 1.78 bits per heavy atom. The van der Waals surface area contributed by atoms with Crippen LogP contribution in [0, 0.1) is 23.4 Å². The lowest BCUT2D eigenvalue weighted by atomic mass is 9.91. The third-order valence-electron chi connectivity index (χ3n) is 5.76. The van der Waals surface area contributed by atoms with Gasteiger partial charge in [-0.05, 0) is 66.3 Å². The van der Waals surface area contributed by atoms with E-state index >= 15 is 0 Å². The third-order valence-corrected chi connectivity index (χ3v) is 6.26. The van der Waals surface area contributed by atoms with Gasteiger partial charge in [0.05, 0.1) is 0 Å². The first-order valence-electron chi connectivity index (χ1n) is 9.95. The van der Waals surface area contributed by atoms with Gasteiger partial charge in [0.1, 0.15) is 5.82 Å². The quantitative estimate of drug-likeness (QED) is 0.479. The Balaban J connectivity index is 1.94. The van der Waals surface area contributed by atoms with Crippen molar-refractivity contribution >= 4 is 12.6 Å². The number of halogens is 3. The molecule has 0 nitrogen and oxygen atoms in total. The van der Waals surface area contributed by atoms with Crippen LogP contribution < -0.4 is 0 Å². The molecule has 2 atom stereocenters. The fraction of sp³-hybridized carbons (Fsp3) is 0.478. The normalized spacial score (nSPS) is 19.6. The maximum atomic E-state index is 14.9. The molecule has 0 N–H and O–H groups in total. The second kappa shape index (κ2) is 8.72. The Kier molecular flexibility index (Phi) is 6.56. The van der Waals surface area contributed by atoms with Crippen LogP contribution in [0.3, 0.4) is 0 Å². The molecular weight excluding hydrogens is 365 g/mol. The van der Waals surface area contributed by atoms with Gasteiger partial charge in [0.2, 0.25) is 0 Å². The van der Waals surface area contributed by atoms with Gasteiger partial charge >= 0.3 is 0 Å². The molecule has 2 aromatic carbocycles. The van der Waals surface area contributed by atoms with Crippen molar-refractivity contribution in [1.29, 1.82) is 0 Å². The molecule has 2 unspecified atom stereocenters. The number of hydrogen-bond acceptors (Lipinski definition) is 1. The van der Waals surface area contributed by atoms with E-state index in [-0.39, 0.29) is 16.4 Å². The van der Waals surface area contributed by atoms with Gasteiger partial charge in [-0.15, -0.1) is 12.6 Å². The van der Waals surface area contributed by atoms with Crippen molar-refractivity contribution in [2.24, 2.45) is 5.92 Å². The summed E-state index contributed by atoms with van der Waals surface area (Å²) in [4.78, 5) is 0.283. The van der Waals surface area contributed by atoms with Gasteiger partial charge in [-0.3, -0.25) is 0 Å². The highest BCUT2D eigenvalue weighted by Gasteiger charge is 2.29. The van der Waals surface area contributed by atoms with Crippen LogP contribution >= 0.6 is 12.6 Å². The minimum Gasteiger partial charge on any atom is -0.206 e. The monoisotopic (exact) mass is 392 g/mol. The van der Waals surface area contributed by atoms with Gasteiger partial charge in [-0.1, -0.05) is 45.2 Å². The summed E-state index contributed by atoms with van der Waals surface area (Å²) >= 11 is 4.21. The van der Waals surface area contributed by atoms with Crippen LogP contribution in [0.15, 0.2) is 29.2 Å². The summed E-state index contributed by atoms with van der Waals surface area (Å²) in [6.07, 6.45) is 6.65. The molecule has 0 heterocycles. The van der Waals surface area contributed by atoms with Crippen molar-refractivity contribution in [2.75, 3.05) is 0 Å². The smallest absolute Gasteiger partial charge is 0.166 e. The highest BCUT2D eigenvalue weighted by atomic mass is 32.1. The standard InChI is InChI=1S/C23H27F3S/c1-3-5-14-7-8-15(11-14)18-9-10-19(22(26)21(18)25)17-12-16(6-4-2)23(27)20(24)13-17/h9-10,12-15,27H,3-8,11H2,1-2H3. The molecule has 1 saturated carbocycles. The third kappa shape index (κ3) is 4.21. The van der Waals surface area contributed by atoms with E-state index in [1.165, 1.54) is 6.07 Å². The topological polar surface area (TPSA) is 0 Å².